The van der Waals surface area contributed by atoms with Crippen molar-refractivity contribution in [2.45, 2.75) is 6.42 Å². The van der Waals surface area contributed by atoms with E-state index in [4.69, 9.17) is 9.47 Å². The minimum atomic E-state index is -3.23. The van der Waals surface area contributed by atoms with Crippen molar-refractivity contribution in [1.82, 2.24) is 9.21 Å². The fourth-order valence-corrected chi connectivity index (χ4v) is 3.42. The second-order valence-electron chi connectivity index (χ2n) is 5.41. The third kappa shape index (κ3) is 4.35. The first-order valence-electron chi connectivity index (χ1n) is 7.32. The van der Waals surface area contributed by atoms with E-state index in [1.807, 2.05) is 0 Å². The van der Waals surface area contributed by atoms with Crippen LogP contribution in [0.2, 0.25) is 0 Å². The summed E-state index contributed by atoms with van der Waals surface area (Å²) in [7, 11) is -0.175. The van der Waals surface area contributed by atoms with E-state index in [0.29, 0.717) is 49.7 Å². The summed E-state index contributed by atoms with van der Waals surface area (Å²) in [6, 6.07) is 5.01. The smallest absolute Gasteiger partial charge is 0.254 e. The van der Waals surface area contributed by atoms with Crippen molar-refractivity contribution in [2.24, 2.45) is 0 Å². The van der Waals surface area contributed by atoms with Crippen molar-refractivity contribution < 1.29 is 22.7 Å². The van der Waals surface area contributed by atoms with Gasteiger partial charge in [-0.15, -0.1) is 0 Å². The van der Waals surface area contributed by atoms with Crippen molar-refractivity contribution in [2.75, 3.05) is 46.7 Å². The molecule has 0 radical (unpaired) electrons. The number of carbonyl (C=O) groups excluding carboxylic acids is 1. The van der Waals surface area contributed by atoms with Gasteiger partial charge in [0, 0.05) is 37.8 Å². The molecule has 0 atom stereocenters. The third-order valence-electron chi connectivity index (χ3n) is 3.81. The van der Waals surface area contributed by atoms with Crippen LogP contribution in [0.1, 0.15) is 16.8 Å². The molecular weight excluding hydrogens is 320 g/mol. The van der Waals surface area contributed by atoms with Gasteiger partial charge in [-0.2, -0.15) is 0 Å². The average molecular weight is 342 g/mol. The van der Waals surface area contributed by atoms with Crippen LogP contribution in [0.5, 0.6) is 11.5 Å². The van der Waals surface area contributed by atoms with Gasteiger partial charge in [-0.05, 0) is 18.6 Å². The SMILES string of the molecule is COc1cc(OC)cc(C(=O)N2CCCN(S(C)(=O)=O)CC2)c1. The van der Waals surface area contributed by atoms with Gasteiger partial charge in [0.2, 0.25) is 10.0 Å². The molecule has 1 amide bonds. The number of carbonyl (C=O) groups is 1. The molecule has 0 bridgehead atoms. The molecule has 1 fully saturated rings. The van der Waals surface area contributed by atoms with E-state index in [1.165, 1.54) is 24.8 Å². The van der Waals surface area contributed by atoms with Crippen LogP contribution in [0.4, 0.5) is 0 Å². The number of sulfonamides is 1. The Hall–Kier alpha value is -1.80. The van der Waals surface area contributed by atoms with Crippen LogP contribution in [0.25, 0.3) is 0 Å². The predicted octanol–water partition coefficient (Wildman–Crippen LogP) is 0.811. The molecule has 1 aliphatic rings. The first-order chi connectivity index (χ1) is 10.8. The zero-order chi connectivity index (χ0) is 17.0. The fraction of sp³-hybridized carbons (Fsp3) is 0.533. The maximum atomic E-state index is 12.7. The molecule has 1 aromatic rings. The molecule has 7 nitrogen and oxygen atoms in total. The number of benzene rings is 1. The van der Waals surface area contributed by atoms with Crippen molar-refractivity contribution in [3.05, 3.63) is 23.8 Å². The van der Waals surface area contributed by atoms with E-state index >= 15 is 0 Å². The Morgan fingerprint density at radius 2 is 1.61 bits per heavy atom. The van der Waals surface area contributed by atoms with E-state index in [2.05, 4.69) is 0 Å². The quantitative estimate of drug-likeness (QED) is 0.809. The molecule has 0 aromatic heterocycles. The average Bonchev–Trinajstić information content (AvgIpc) is 2.79. The van der Waals surface area contributed by atoms with Crippen LogP contribution in [0.3, 0.4) is 0 Å². The Morgan fingerprint density at radius 3 is 2.13 bits per heavy atom. The van der Waals surface area contributed by atoms with Gasteiger partial charge >= 0.3 is 0 Å². The summed E-state index contributed by atoms with van der Waals surface area (Å²) in [5, 5.41) is 0. The zero-order valence-electron chi connectivity index (χ0n) is 13.6. The van der Waals surface area contributed by atoms with E-state index in [0.717, 1.165) is 0 Å². The number of rotatable bonds is 4. The van der Waals surface area contributed by atoms with Crippen LogP contribution < -0.4 is 9.47 Å². The lowest BCUT2D eigenvalue weighted by Gasteiger charge is -2.21. The minimum absolute atomic E-state index is 0.155. The van der Waals surface area contributed by atoms with E-state index in [9.17, 15) is 13.2 Å². The predicted molar refractivity (Wildman–Crippen MR) is 86.5 cm³/mol. The monoisotopic (exact) mass is 342 g/mol. The molecule has 0 unspecified atom stereocenters. The molecule has 0 N–H and O–H groups in total. The van der Waals surface area contributed by atoms with Crippen LogP contribution >= 0.6 is 0 Å². The summed E-state index contributed by atoms with van der Waals surface area (Å²) in [5.41, 5.74) is 0.467. The molecule has 128 valence electrons. The number of nitrogens with zero attached hydrogens (tertiary/aromatic N) is 2. The van der Waals surface area contributed by atoms with Crippen LogP contribution in [-0.4, -0.2) is 70.2 Å². The molecule has 1 aromatic carbocycles. The normalized spacial score (nSPS) is 16.7. The first kappa shape index (κ1) is 17.6. The van der Waals surface area contributed by atoms with Crippen molar-refractivity contribution in [3.63, 3.8) is 0 Å². The van der Waals surface area contributed by atoms with Crippen LogP contribution in [-0.2, 0) is 10.0 Å². The summed E-state index contributed by atoms with van der Waals surface area (Å²) in [5.74, 6) is 0.929. The second kappa shape index (κ2) is 7.18. The van der Waals surface area contributed by atoms with Gasteiger partial charge in [0.15, 0.2) is 0 Å². The highest BCUT2D eigenvalue weighted by molar-refractivity contribution is 7.88. The molecule has 2 rings (SSSR count). The molecule has 0 spiro atoms. The lowest BCUT2D eigenvalue weighted by molar-refractivity contribution is 0.0763. The summed E-state index contributed by atoms with van der Waals surface area (Å²) in [6.45, 7) is 1.63. The summed E-state index contributed by atoms with van der Waals surface area (Å²) in [4.78, 5) is 14.4. The Balaban J connectivity index is 2.17. The lowest BCUT2D eigenvalue weighted by Crippen LogP contribution is -2.36. The molecule has 1 heterocycles. The second-order valence-corrected chi connectivity index (χ2v) is 7.39. The molecule has 0 saturated carbocycles. The summed E-state index contributed by atoms with van der Waals surface area (Å²) in [6.07, 6.45) is 1.80. The van der Waals surface area contributed by atoms with Crippen LogP contribution in [0.15, 0.2) is 18.2 Å². The topological polar surface area (TPSA) is 76.2 Å². The molecular formula is C15H22N2O5S. The highest BCUT2D eigenvalue weighted by Gasteiger charge is 2.25. The Morgan fingerprint density at radius 1 is 1.00 bits per heavy atom. The fourth-order valence-electron chi connectivity index (χ4n) is 2.54. The maximum Gasteiger partial charge on any atom is 0.254 e. The Labute approximate surface area is 136 Å². The van der Waals surface area contributed by atoms with Crippen molar-refractivity contribution >= 4 is 15.9 Å². The van der Waals surface area contributed by atoms with Gasteiger partial charge in [0.1, 0.15) is 11.5 Å². The van der Waals surface area contributed by atoms with Crippen LogP contribution in [0, 0.1) is 0 Å². The highest BCUT2D eigenvalue weighted by atomic mass is 32.2. The largest absolute Gasteiger partial charge is 0.497 e. The molecule has 8 heteroatoms. The standard InChI is InChI=1S/C15H22N2O5S/c1-21-13-9-12(10-14(11-13)22-2)15(18)16-5-4-6-17(8-7-16)23(3,19)20/h9-11H,4-8H2,1-3H3. The zero-order valence-corrected chi connectivity index (χ0v) is 14.4. The van der Waals surface area contributed by atoms with E-state index < -0.39 is 10.0 Å². The number of methoxy groups -OCH3 is 2. The first-order valence-corrected chi connectivity index (χ1v) is 9.17. The molecule has 23 heavy (non-hydrogen) atoms. The number of hydrogen-bond acceptors (Lipinski definition) is 5. The number of hydrogen-bond donors (Lipinski definition) is 0. The van der Waals surface area contributed by atoms with Gasteiger partial charge in [-0.25, -0.2) is 12.7 Å². The van der Waals surface area contributed by atoms with Gasteiger partial charge in [-0.3, -0.25) is 4.79 Å². The Bertz CT molecular complexity index is 652. The molecule has 1 aliphatic heterocycles. The molecule has 0 aliphatic carbocycles. The van der Waals surface area contributed by atoms with Crippen molar-refractivity contribution in [3.8, 4) is 11.5 Å². The minimum Gasteiger partial charge on any atom is -0.497 e. The van der Waals surface area contributed by atoms with E-state index in [-0.39, 0.29) is 5.91 Å². The van der Waals surface area contributed by atoms with Crippen molar-refractivity contribution in [1.29, 1.82) is 0 Å². The van der Waals surface area contributed by atoms with Gasteiger partial charge < -0.3 is 14.4 Å². The lowest BCUT2D eigenvalue weighted by atomic mass is 10.1. The third-order valence-corrected chi connectivity index (χ3v) is 5.11. The molecule has 1 saturated heterocycles. The highest BCUT2D eigenvalue weighted by Crippen LogP contribution is 2.24. The van der Waals surface area contributed by atoms with Gasteiger partial charge in [0.05, 0.1) is 20.5 Å². The maximum absolute atomic E-state index is 12.7. The summed E-state index contributed by atoms with van der Waals surface area (Å²) >= 11 is 0. The van der Waals surface area contributed by atoms with E-state index in [1.54, 1.807) is 23.1 Å². The number of ether oxygens (including phenoxy) is 2. The van der Waals surface area contributed by atoms with Gasteiger partial charge in [0.25, 0.3) is 5.91 Å². The summed E-state index contributed by atoms with van der Waals surface area (Å²) < 4.78 is 35.1. The van der Waals surface area contributed by atoms with Gasteiger partial charge in [-0.1, -0.05) is 0 Å². The Kier molecular flexibility index (Phi) is 5.48. The number of amides is 1.